The number of halogens is 6. The molecule has 2 heterocycles. The van der Waals surface area contributed by atoms with E-state index in [0.29, 0.717) is 30.1 Å². The number of para-hydroxylation sites is 1. The molecular weight excluding hydrogens is 536 g/mol. The maximum Gasteiger partial charge on any atom is 0.416 e. The first kappa shape index (κ1) is 29.1. The molecule has 0 aliphatic carbocycles. The number of benzene rings is 2. The number of anilines is 3. The zero-order valence-corrected chi connectivity index (χ0v) is 22.5. The Labute approximate surface area is 227 Å². The molecule has 0 unspecified atom stereocenters. The van der Waals surface area contributed by atoms with Gasteiger partial charge in [0.2, 0.25) is 0 Å². The van der Waals surface area contributed by atoms with E-state index in [4.69, 9.17) is 4.98 Å². The van der Waals surface area contributed by atoms with E-state index in [2.05, 4.69) is 22.3 Å². The van der Waals surface area contributed by atoms with E-state index in [9.17, 15) is 26.3 Å². The number of nitrogens with zero attached hydrogens (tertiary/aromatic N) is 7. The molecule has 0 spiro atoms. The van der Waals surface area contributed by atoms with E-state index < -0.39 is 30.0 Å². The maximum atomic E-state index is 13.7. The average Bonchev–Trinajstić information content (AvgIpc) is 3.33. The highest BCUT2D eigenvalue weighted by Crippen LogP contribution is 2.41. The van der Waals surface area contributed by atoms with Gasteiger partial charge in [-0.25, -0.2) is 4.98 Å². The number of alkyl halides is 6. The number of unbranched alkanes of at least 4 members (excludes halogenated alkanes) is 1. The standard InChI is InChI=1S/C27H29F6N7/c1-5-7-12-39(6-2)24-23(17(3)21-10-8-9-11-22(21)34-24)40(25-35-37-38(4)36-25)16-18-13-19(26(28,29)30)15-20(14-18)27(31,32)33/h8-11,13-15H,5-7,12,16H2,1-4H3. The van der Waals surface area contributed by atoms with Gasteiger partial charge in [-0.2, -0.15) is 31.1 Å². The van der Waals surface area contributed by atoms with Gasteiger partial charge in [-0.15, -0.1) is 5.10 Å². The van der Waals surface area contributed by atoms with E-state index in [0.717, 1.165) is 35.9 Å². The van der Waals surface area contributed by atoms with Gasteiger partial charge in [0.05, 0.1) is 35.9 Å². The summed E-state index contributed by atoms with van der Waals surface area (Å²) in [5.74, 6) is 0.545. The summed E-state index contributed by atoms with van der Waals surface area (Å²) in [5.41, 5.74) is -1.09. The van der Waals surface area contributed by atoms with Crippen molar-refractivity contribution in [3.63, 3.8) is 0 Å². The molecule has 7 nitrogen and oxygen atoms in total. The molecule has 2 aromatic heterocycles. The van der Waals surface area contributed by atoms with Gasteiger partial charge >= 0.3 is 12.4 Å². The van der Waals surface area contributed by atoms with Gasteiger partial charge in [-0.3, -0.25) is 4.90 Å². The average molecular weight is 566 g/mol. The first-order chi connectivity index (χ1) is 18.8. The Morgan fingerprint density at radius 3 is 2.12 bits per heavy atom. The highest BCUT2D eigenvalue weighted by Gasteiger charge is 2.37. The number of pyridine rings is 1. The van der Waals surface area contributed by atoms with Crippen LogP contribution >= 0.6 is 0 Å². The quantitative estimate of drug-likeness (QED) is 0.202. The lowest BCUT2D eigenvalue weighted by atomic mass is 10.0. The molecule has 0 aliphatic rings. The summed E-state index contributed by atoms with van der Waals surface area (Å²) in [6.07, 6.45) is -8.18. The normalized spacial score (nSPS) is 12.2. The fourth-order valence-corrected chi connectivity index (χ4v) is 4.58. The third kappa shape index (κ3) is 6.13. The molecule has 0 radical (unpaired) electrons. The molecule has 0 amide bonds. The van der Waals surface area contributed by atoms with Crippen molar-refractivity contribution in [3.05, 3.63) is 64.7 Å². The zero-order valence-electron chi connectivity index (χ0n) is 22.5. The van der Waals surface area contributed by atoms with Gasteiger partial charge < -0.3 is 4.90 Å². The van der Waals surface area contributed by atoms with Crippen LogP contribution in [0.1, 0.15) is 48.9 Å². The van der Waals surface area contributed by atoms with E-state index in [1.807, 2.05) is 43.0 Å². The molecule has 214 valence electrons. The van der Waals surface area contributed by atoms with Gasteiger partial charge in [0.15, 0.2) is 5.82 Å². The molecule has 13 heteroatoms. The Balaban J connectivity index is 1.98. The topological polar surface area (TPSA) is 63.0 Å². The van der Waals surface area contributed by atoms with Crippen molar-refractivity contribution in [3.8, 4) is 0 Å². The van der Waals surface area contributed by atoms with Crippen molar-refractivity contribution in [2.45, 2.75) is 52.5 Å². The SMILES string of the molecule is CCCCN(CC)c1nc2ccccc2c(C)c1N(Cc1cc(C(F)(F)F)cc(C(F)(F)F)c1)c1nnn(C)n1. The number of aryl methyl sites for hydroxylation is 2. The second kappa shape index (κ2) is 11.3. The molecule has 0 fully saturated rings. The summed E-state index contributed by atoms with van der Waals surface area (Å²) in [4.78, 5) is 9.61. The van der Waals surface area contributed by atoms with Crippen LogP contribution in [0.5, 0.6) is 0 Å². The summed E-state index contributed by atoms with van der Waals surface area (Å²) in [7, 11) is 1.52. The Morgan fingerprint density at radius 1 is 0.925 bits per heavy atom. The van der Waals surface area contributed by atoms with Crippen LogP contribution in [0, 0.1) is 6.92 Å². The van der Waals surface area contributed by atoms with Gasteiger partial charge in [0, 0.05) is 18.5 Å². The monoisotopic (exact) mass is 565 g/mol. The minimum Gasteiger partial charge on any atom is -0.355 e. The van der Waals surface area contributed by atoms with Crippen molar-refractivity contribution in [1.82, 2.24) is 25.2 Å². The Hall–Kier alpha value is -3.90. The largest absolute Gasteiger partial charge is 0.416 e. The number of fused-ring (bicyclic) bond motifs is 1. The smallest absolute Gasteiger partial charge is 0.355 e. The first-order valence-corrected chi connectivity index (χ1v) is 12.8. The molecule has 2 aromatic carbocycles. The summed E-state index contributed by atoms with van der Waals surface area (Å²) in [6, 6.07) is 8.96. The predicted octanol–water partition coefficient (Wildman–Crippen LogP) is 7.07. The predicted molar refractivity (Wildman–Crippen MR) is 140 cm³/mol. The van der Waals surface area contributed by atoms with E-state index in [1.54, 1.807) is 0 Å². The zero-order chi connectivity index (χ0) is 29.2. The first-order valence-electron chi connectivity index (χ1n) is 12.8. The second-order valence-electron chi connectivity index (χ2n) is 9.44. The van der Waals surface area contributed by atoms with Crippen LogP contribution in [0.3, 0.4) is 0 Å². The van der Waals surface area contributed by atoms with Crippen LogP contribution in [0.2, 0.25) is 0 Å². The lowest BCUT2D eigenvalue weighted by Gasteiger charge is -2.31. The van der Waals surface area contributed by atoms with E-state index in [1.165, 1.54) is 16.7 Å². The molecular formula is C27H29F6N7. The number of aromatic nitrogens is 5. The number of hydrogen-bond donors (Lipinski definition) is 0. The highest BCUT2D eigenvalue weighted by atomic mass is 19.4. The minimum atomic E-state index is -4.98. The Bertz CT molecular complexity index is 1450. The fraction of sp³-hybridized carbons (Fsp3) is 0.407. The number of rotatable bonds is 9. The van der Waals surface area contributed by atoms with Gasteiger partial charge in [-0.05, 0) is 60.9 Å². The van der Waals surface area contributed by atoms with Gasteiger partial charge in [0.25, 0.3) is 5.95 Å². The number of hydrogen-bond acceptors (Lipinski definition) is 6. The van der Waals surface area contributed by atoms with Crippen LogP contribution in [0.25, 0.3) is 10.9 Å². The van der Waals surface area contributed by atoms with Crippen LogP contribution < -0.4 is 9.80 Å². The number of tetrazole rings is 1. The third-order valence-corrected chi connectivity index (χ3v) is 6.56. The minimum absolute atomic E-state index is 0.0152. The second-order valence-corrected chi connectivity index (χ2v) is 9.44. The molecule has 0 N–H and O–H groups in total. The lowest BCUT2D eigenvalue weighted by Crippen LogP contribution is -2.29. The van der Waals surface area contributed by atoms with Crippen LogP contribution in [-0.4, -0.2) is 38.3 Å². The summed E-state index contributed by atoms with van der Waals surface area (Å²) >= 11 is 0. The molecule has 40 heavy (non-hydrogen) atoms. The van der Waals surface area contributed by atoms with Crippen molar-refractivity contribution in [2.24, 2.45) is 7.05 Å². The van der Waals surface area contributed by atoms with E-state index >= 15 is 0 Å². The Morgan fingerprint density at radius 2 is 1.57 bits per heavy atom. The van der Waals surface area contributed by atoms with Crippen LogP contribution in [0.4, 0.5) is 43.8 Å². The summed E-state index contributed by atoms with van der Waals surface area (Å²) in [6.45, 7) is 6.68. The van der Waals surface area contributed by atoms with Crippen molar-refractivity contribution in [2.75, 3.05) is 22.9 Å². The van der Waals surface area contributed by atoms with Crippen LogP contribution in [0.15, 0.2) is 42.5 Å². The Kier molecular flexibility index (Phi) is 8.22. The summed E-state index contributed by atoms with van der Waals surface area (Å²) in [5, 5.41) is 13.0. The third-order valence-electron chi connectivity index (χ3n) is 6.56. The highest BCUT2D eigenvalue weighted by molar-refractivity contribution is 5.93. The molecule has 0 bridgehead atoms. The molecule has 4 aromatic rings. The fourth-order valence-electron chi connectivity index (χ4n) is 4.58. The van der Waals surface area contributed by atoms with Crippen molar-refractivity contribution in [1.29, 1.82) is 0 Å². The molecule has 4 rings (SSSR count). The van der Waals surface area contributed by atoms with Crippen molar-refractivity contribution >= 4 is 28.4 Å². The van der Waals surface area contributed by atoms with Gasteiger partial charge in [0.1, 0.15) is 0 Å². The molecule has 0 saturated heterocycles. The summed E-state index contributed by atoms with van der Waals surface area (Å²) < 4.78 is 82.0. The van der Waals surface area contributed by atoms with Gasteiger partial charge in [-0.1, -0.05) is 36.6 Å². The molecule has 0 aliphatic heterocycles. The van der Waals surface area contributed by atoms with Crippen LogP contribution in [-0.2, 0) is 25.9 Å². The molecule has 0 saturated carbocycles. The van der Waals surface area contributed by atoms with Crippen molar-refractivity contribution < 1.29 is 26.3 Å². The maximum absolute atomic E-state index is 13.7. The van der Waals surface area contributed by atoms with E-state index in [-0.39, 0.29) is 17.6 Å². The molecule has 0 atom stereocenters. The lowest BCUT2D eigenvalue weighted by molar-refractivity contribution is -0.143.